The van der Waals surface area contributed by atoms with Crippen LogP contribution in [-0.2, 0) is 10.3 Å². The molecule has 162 valence electrons. The minimum absolute atomic E-state index is 0.0931. The molecule has 3 aromatic rings. The molecule has 6 rings (SSSR count). The molecule has 1 N–H and O–H groups in total. The number of carbonyl (C=O) groups is 1. The SMILES string of the molecule is COc1ccc2c(c1)NC1(CCN(C(=O)C3=C=c4ccoc4=CCC3)CC1)c1cccn1-2. The highest BCUT2D eigenvalue weighted by atomic mass is 16.5. The molecule has 1 aromatic carbocycles. The summed E-state index contributed by atoms with van der Waals surface area (Å²) in [5.74, 6) is 0.927. The van der Waals surface area contributed by atoms with Gasteiger partial charge in [-0.15, -0.1) is 0 Å². The highest BCUT2D eigenvalue weighted by Gasteiger charge is 2.42. The number of nitrogens with zero attached hydrogens (tertiary/aromatic N) is 2. The zero-order chi connectivity index (χ0) is 21.7. The van der Waals surface area contributed by atoms with E-state index in [1.807, 2.05) is 23.1 Å². The van der Waals surface area contributed by atoms with Crippen molar-refractivity contribution in [3.63, 3.8) is 0 Å². The number of anilines is 1. The van der Waals surface area contributed by atoms with E-state index in [2.05, 4.69) is 46.1 Å². The fraction of sp³-hybridized carbons (Fsp3) is 0.308. The van der Waals surface area contributed by atoms with Gasteiger partial charge < -0.3 is 23.9 Å². The lowest BCUT2D eigenvalue weighted by molar-refractivity contribution is -0.128. The number of nitrogens with one attached hydrogen (secondary N) is 1. The summed E-state index contributed by atoms with van der Waals surface area (Å²) in [4.78, 5) is 15.3. The van der Waals surface area contributed by atoms with Crippen LogP contribution in [0, 0.1) is 0 Å². The van der Waals surface area contributed by atoms with Crippen LogP contribution in [0.4, 0.5) is 5.69 Å². The Bertz CT molecular complexity index is 1370. The second-order valence-electron chi connectivity index (χ2n) is 8.69. The summed E-state index contributed by atoms with van der Waals surface area (Å²) in [5.41, 5.74) is 8.11. The summed E-state index contributed by atoms with van der Waals surface area (Å²) in [6.07, 6.45) is 8.98. The smallest absolute Gasteiger partial charge is 0.257 e. The monoisotopic (exact) mass is 427 g/mol. The van der Waals surface area contributed by atoms with Crippen molar-refractivity contribution in [3.05, 3.63) is 70.8 Å². The number of amides is 1. The predicted octanol–water partition coefficient (Wildman–Crippen LogP) is 2.90. The first-order chi connectivity index (χ1) is 15.7. The van der Waals surface area contributed by atoms with Crippen LogP contribution in [0.25, 0.3) is 17.5 Å². The molecule has 2 aromatic heterocycles. The van der Waals surface area contributed by atoms with Gasteiger partial charge in [-0.25, -0.2) is 0 Å². The van der Waals surface area contributed by atoms with E-state index in [0.29, 0.717) is 19.5 Å². The molecule has 1 spiro atoms. The average Bonchev–Trinajstić information content (AvgIpc) is 3.45. The Kier molecular flexibility index (Phi) is 4.30. The molecular formula is C26H25N3O3. The van der Waals surface area contributed by atoms with Gasteiger partial charge in [-0.2, -0.15) is 0 Å². The van der Waals surface area contributed by atoms with Crippen LogP contribution >= 0.6 is 0 Å². The number of rotatable bonds is 2. The second-order valence-corrected chi connectivity index (χ2v) is 8.69. The standard InChI is InChI=1S/C26H25N3O3/c1-31-20-7-8-22-21(17-20)27-26(24-6-3-12-29(22)24)10-13-28(14-11-26)25(30)19-4-2-5-23-18(16-19)9-15-32-23/h3,5-9,12,15,17,27H,2,4,10-11,13-14H2,1H3. The zero-order valence-electron chi connectivity index (χ0n) is 18.1. The molecule has 2 aliphatic heterocycles. The fourth-order valence-electron chi connectivity index (χ4n) is 5.23. The largest absolute Gasteiger partial charge is 0.497 e. The number of benzene rings is 1. The molecule has 0 bridgehead atoms. The lowest BCUT2D eigenvalue weighted by atomic mass is 9.82. The minimum Gasteiger partial charge on any atom is -0.497 e. The maximum Gasteiger partial charge on any atom is 0.257 e. The van der Waals surface area contributed by atoms with E-state index in [-0.39, 0.29) is 11.4 Å². The van der Waals surface area contributed by atoms with Gasteiger partial charge in [0.05, 0.1) is 41.1 Å². The molecule has 0 atom stereocenters. The molecule has 1 aliphatic carbocycles. The van der Waals surface area contributed by atoms with Crippen molar-refractivity contribution in [2.24, 2.45) is 0 Å². The Morgan fingerprint density at radius 3 is 2.94 bits per heavy atom. The van der Waals surface area contributed by atoms with Gasteiger partial charge in [0, 0.05) is 31.0 Å². The maximum atomic E-state index is 13.3. The number of hydrogen-bond donors (Lipinski definition) is 1. The third-order valence-electron chi connectivity index (χ3n) is 6.94. The molecular weight excluding hydrogens is 402 g/mol. The van der Waals surface area contributed by atoms with Crippen molar-refractivity contribution in [2.45, 2.75) is 31.2 Å². The predicted molar refractivity (Wildman–Crippen MR) is 122 cm³/mol. The van der Waals surface area contributed by atoms with Gasteiger partial charge in [0.1, 0.15) is 11.2 Å². The Labute approximate surface area is 186 Å². The van der Waals surface area contributed by atoms with Gasteiger partial charge in [0.25, 0.3) is 5.91 Å². The van der Waals surface area contributed by atoms with Crippen LogP contribution in [0.5, 0.6) is 5.75 Å². The molecule has 6 heteroatoms. The molecule has 1 fully saturated rings. The summed E-state index contributed by atoms with van der Waals surface area (Å²) in [7, 11) is 1.69. The molecule has 0 unspecified atom stereocenters. The van der Waals surface area contributed by atoms with Crippen molar-refractivity contribution in [2.75, 3.05) is 25.5 Å². The summed E-state index contributed by atoms with van der Waals surface area (Å²) in [6, 6.07) is 12.3. The molecule has 0 radical (unpaired) electrons. The van der Waals surface area contributed by atoms with Crippen molar-refractivity contribution in [1.82, 2.24) is 9.47 Å². The van der Waals surface area contributed by atoms with E-state index in [1.165, 1.54) is 5.69 Å². The van der Waals surface area contributed by atoms with E-state index in [0.717, 1.165) is 52.6 Å². The quantitative estimate of drug-likeness (QED) is 0.683. The number of aromatic nitrogens is 1. The maximum absolute atomic E-state index is 13.3. The van der Waals surface area contributed by atoms with E-state index in [1.54, 1.807) is 13.4 Å². The lowest BCUT2D eigenvalue weighted by Gasteiger charge is -2.46. The zero-order valence-corrected chi connectivity index (χ0v) is 18.1. The Hall–Kier alpha value is -3.63. The number of fused-ring (bicyclic) bond motifs is 5. The van der Waals surface area contributed by atoms with Crippen LogP contribution in [0.2, 0.25) is 0 Å². The van der Waals surface area contributed by atoms with Gasteiger partial charge in [-0.3, -0.25) is 4.79 Å². The number of carbonyl (C=O) groups excluding carboxylic acids is 1. The highest BCUT2D eigenvalue weighted by Crippen LogP contribution is 2.44. The van der Waals surface area contributed by atoms with Gasteiger partial charge in [0.2, 0.25) is 0 Å². The van der Waals surface area contributed by atoms with Crippen LogP contribution in [-0.4, -0.2) is 35.6 Å². The molecule has 1 saturated heterocycles. The topological polar surface area (TPSA) is 59.6 Å². The Morgan fingerprint density at radius 2 is 2.09 bits per heavy atom. The fourth-order valence-corrected chi connectivity index (χ4v) is 5.23. The molecule has 0 saturated carbocycles. The molecule has 32 heavy (non-hydrogen) atoms. The summed E-state index contributed by atoms with van der Waals surface area (Å²) >= 11 is 0. The second kappa shape index (κ2) is 7.21. The molecule has 1 amide bonds. The summed E-state index contributed by atoms with van der Waals surface area (Å²) in [6.45, 7) is 1.40. The van der Waals surface area contributed by atoms with Crippen molar-refractivity contribution >= 4 is 23.4 Å². The molecule has 4 heterocycles. The van der Waals surface area contributed by atoms with Crippen LogP contribution in [0.15, 0.2) is 58.8 Å². The van der Waals surface area contributed by atoms with Gasteiger partial charge in [0.15, 0.2) is 0 Å². The van der Waals surface area contributed by atoms with E-state index < -0.39 is 0 Å². The van der Waals surface area contributed by atoms with E-state index in [4.69, 9.17) is 9.15 Å². The third-order valence-corrected chi connectivity index (χ3v) is 6.94. The summed E-state index contributed by atoms with van der Waals surface area (Å²) < 4.78 is 13.2. The number of likely N-dealkylation sites (tertiary alicyclic amines) is 1. The highest BCUT2D eigenvalue weighted by molar-refractivity contribution is 5.96. The first-order valence-corrected chi connectivity index (χ1v) is 11.1. The average molecular weight is 428 g/mol. The van der Waals surface area contributed by atoms with Crippen LogP contribution < -0.4 is 20.7 Å². The number of hydrogen-bond acceptors (Lipinski definition) is 4. The van der Waals surface area contributed by atoms with Gasteiger partial charge >= 0.3 is 0 Å². The number of piperidine rings is 1. The van der Waals surface area contributed by atoms with Crippen LogP contribution in [0.3, 0.4) is 0 Å². The molecule has 3 aliphatic rings. The van der Waals surface area contributed by atoms with Crippen molar-refractivity contribution in [1.29, 1.82) is 0 Å². The first-order valence-electron chi connectivity index (χ1n) is 11.1. The first kappa shape index (κ1) is 19.1. The van der Waals surface area contributed by atoms with Crippen LogP contribution in [0.1, 0.15) is 31.4 Å². The summed E-state index contributed by atoms with van der Waals surface area (Å²) in [5, 5.41) is 4.68. The third kappa shape index (κ3) is 2.91. The van der Waals surface area contributed by atoms with Gasteiger partial charge in [-0.1, -0.05) is 5.73 Å². The van der Waals surface area contributed by atoms with E-state index in [9.17, 15) is 4.79 Å². The van der Waals surface area contributed by atoms with Crippen molar-refractivity contribution in [3.8, 4) is 11.4 Å². The minimum atomic E-state index is -0.202. The molecule has 6 nitrogen and oxygen atoms in total. The number of furan rings is 1. The Morgan fingerprint density at radius 1 is 1.22 bits per heavy atom. The van der Waals surface area contributed by atoms with Crippen molar-refractivity contribution < 1.29 is 13.9 Å². The Balaban J connectivity index is 1.29. The van der Waals surface area contributed by atoms with E-state index >= 15 is 0 Å². The number of methoxy groups -OCH3 is 1. The normalized spacial score (nSPS) is 18.2. The lowest BCUT2D eigenvalue weighted by Crippen LogP contribution is -2.51. The van der Waals surface area contributed by atoms with Gasteiger partial charge in [-0.05, 0) is 62.1 Å². The number of ether oxygens (including phenoxy) is 1.